The minimum Gasteiger partial charge on any atom is -0.396 e. The van der Waals surface area contributed by atoms with E-state index in [1.54, 1.807) is 6.07 Å². The third-order valence-electron chi connectivity index (χ3n) is 2.97. The van der Waals surface area contributed by atoms with Gasteiger partial charge in [-0.05, 0) is 24.6 Å². The fourth-order valence-corrected chi connectivity index (χ4v) is 2.08. The molecule has 0 aliphatic rings. The zero-order chi connectivity index (χ0) is 13.2. The number of hydrogen-bond acceptors (Lipinski definition) is 4. The molecule has 2 aromatic heterocycles. The summed E-state index contributed by atoms with van der Waals surface area (Å²) in [7, 11) is 0. The Balaban J connectivity index is 2.12. The van der Waals surface area contributed by atoms with Crippen LogP contribution in [0.5, 0.6) is 0 Å². The van der Waals surface area contributed by atoms with E-state index in [2.05, 4.69) is 20.3 Å². The van der Waals surface area contributed by atoms with Crippen LogP contribution in [-0.4, -0.2) is 33.2 Å². The van der Waals surface area contributed by atoms with Crippen LogP contribution in [0.15, 0.2) is 24.5 Å². The van der Waals surface area contributed by atoms with Gasteiger partial charge in [0.2, 0.25) is 0 Å². The van der Waals surface area contributed by atoms with Gasteiger partial charge in [0.25, 0.3) is 0 Å². The van der Waals surface area contributed by atoms with E-state index in [9.17, 15) is 4.39 Å². The molecule has 0 bridgehead atoms. The molecule has 2 heterocycles. The first-order chi connectivity index (χ1) is 9.29. The summed E-state index contributed by atoms with van der Waals surface area (Å²) in [5, 5.41) is 12.6. The Hall–Kier alpha value is -2.21. The third-order valence-corrected chi connectivity index (χ3v) is 2.97. The Kier molecular flexibility index (Phi) is 3.00. The number of nitrogens with zero attached hydrogens (tertiary/aromatic N) is 2. The van der Waals surface area contributed by atoms with Gasteiger partial charge >= 0.3 is 0 Å². The molecule has 0 amide bonds. The maximum Gasteiger partial charge on any atom is 0.153 e. The van der Waals surface area contributed by atoms with Crippen molar-refractivity contribution in [2.75, 3.05) is 18.5 Å². The van der Waals surface area contributed by atoms with Crippen molar-refractivity contribution >= 4 is 27.8 Å². The average molecular weight is 260 g/mol. The molecule has 98 valence electrons. The lowest BCUT2D eigenvalue weighted by Gasteiger charge is -2.04. The van der Waals surface area contributed by atoms with Crippen LogP contribution in [0.4, 0.5) is 10.2 Å². The van der Waals surface area contributed by atoms with E-state index >= 15 is 0 Å². The van der Waals surface area contributed by atoms with Gasteiger partial charge in [-0.15, -0.1) is 0 Å². The second-order valence-corrected chi connectivity index (χ2v) is 4.26. The summed E-state index contributed by atoms with van der Waals surface area (Å²) < 4.78 is 13.3. The lowest BCUT2D eigenvalue weighted by atomic mass is 10.2. The van der Waals surface area contributed by atoms with E-state index in [0.717, 1.165) is 16.4 Å². The van der Waals surface area contributed by atoms with Crippen LogP contribution in [-0.2, 0) is 0 Å². The summed E-state index contributed by atoms with van der Waals surface area (Å²) in [5.41, 5.74) is 2.26. The van der Waals surface area contributed by atoms with Crippen LogP contribution < -0.4 is 5.32 Å². The Labute approximate surface area is 108 Å². The van der Waals surface area contributed by atoms with Crippen LogP contribution >= 0.6 is 0 Å². The molecule has 5 nitrogen and oxygen atoms in total. The van der Waals surface area contributed by atoms with Gasteiger partial charge < -0.3 is 15.4 Å². The van der Waals surface area contributed by atoms with Crippen molar-refractivity contribution in [3.8, 4) is 0 Å². The number of benzene rings is 1. The second-order valence-electron chi connectivity index (χ2n) is 4.26. The van der Waals surface area contributed by atoms with Crippen molar-refractivity contribution in [2.24, 2.45) is 0 Å². The minimum absolute atomic E-state index is 0.124. The molecule has 3 N–H and O–H groups in total. The van der Waals surface area contributed by atoms with Crippen LogP contribution in [0.3, 0.4) is 0 Å². The van der Waals surface area contributed by atoms with Crippen LogP contribution in [0.1, 0.15) is 6.42 Å². The number of fused-ring (bicyclic) bond motifs is 3. The smallest absolute Gasteiger partial charge is 0.153 e. The molecule has 0 radical (unpaired) electrons. The normalized spacial score (nSPS) is 11.3. The second kappa shape index (κ2) is 4.81. The van der Waals surface area contributed by atoms with Gasteiger partial charge in [0.1, 0.15) is 23.2 Å². The molecule has 6 heteroatoms. The van der Waals surface area contributed by atoms with Crippen molar-refractivity contribution in [1.82, 2.24) is 15.0 Å². The highest BCUT2D eigenvalue weighted by Crippen LogP contribution is 2.27. The SMILES string of the molecule is OCCCNc1ncnc2c1[nH]c1ccc(F)cc12. The molecule has 19 heavy (non-hydrogen) atoms. The van der Waals surface area contributed by atoms with E-state index in [1.807, 2.05) is 0 Å². The molecule has 0 saturated carbocycles. The standard InChI is InChI=1S/C13H13FN4O/c14-8-2-3-10-9(6-8)11-12(18-10)13(17-7-16-11)15-4-1-5-19/h2-3,6-7,18-19H,1,4-5H2,(H,15,16,17). The molecule has 0 fully saturated rings. The quantitative estimate of drug-likeness (QED) is 0.628. The molecule has 0 unspecified atom stereocenters. The van der Waals surface area contributed by atoms with Crippen LogP contribution in [0.2, 0.25) is 0 Å². The predicted molar refractivity (Wildman–Crippen MR) is 71.5 cm³/mol. The lowest BCUT2D eigenvalue weighted by Crippen LogP contribution is -2.05. The number of aromatic nitrogens is 3. The van der Waals surface area contributed by atoms with Crippen molar-refractivity contribution in [3.05, 3.63) is 30.3 Å². The van der Waals surface area contributed by atoms with E-state index in [1.165, 1.54) is 18.5 Å². The van der Waals surface area contributed by atoms with Crippen molar-refractivity contribution in [2.45, 2.75) is 6.42 Å². The number of aliphatic hydroxyl groups is 1. The molecular weight excluding hydrogens is 247 g/mol. The van der Waals surface area contributed by atoms with Crippen LogP contribution in [0, 0.1) is 5.82 Å². The molecule has 3 rings (SSSR count). The van der Waals surface area contributed by atoms with Gasteiger partial charge in [-0.25, -0.2) is 14.4 Å². The zero-order valence-electron chi connectivity index (χ0n) is 10.2. The summed E-state index contributed by atoms with van der Waals surface area (Å²) >= 11 is 0. The van der Waals surface area contributed by atoms with Gasteiger partial charge in [0, 0.05) is 24.1 Å². The molecule has 0 saturated heterocycles. The highest BCUT2D eigenvalue weighted by atomic mass is 19.1. The largest absolute Gasteiger partial charge is 0.396 e. The summed E-state index contributed by atoms with van der Waals surface area (Å²) in [4.78, 5) is 11.6. The van der Waals surface area contributed by atoms with E-state index < -0.39 is 0 Å². The summed E-state index contributed by atoms with van der Waals surface area (Å²) in [5.74, 6) is 0.372. The maximum absolute atomic E-state index is 13.3. The van der Waals surface area contributed by atoms with Crippen molar-refractivity contribution in [3.63, 3.8) is 0 Å². The molecule has 0 atom stereocenters. The number of aliphatic hydroxyl groups excluding tert-OH is 1. The Morgan fingerprint density at radius 2 is 2.21 bits per heavy atom. The first-order valence-electron chi connectivity index (χ1n) is 6.06. The predicted octanol–water partition coefficient (Wildman–Crippen LogP) is 2.04. The fourth-order valence-electron chi connectivity index (χ4n) is 2.08. The molecule has 0 aliphatic heterocycles. The number of H-pyrrole nitrogens is 1. The summed E-state index contributed by atoms with van der Waals surface area (Å²) in [6, 6.07) is 4.55. The number of halogens is 1. The number of aromatic amines is 1. The lowest BCUT2D eigenvalue weighted by molar-refractivity contribution is 0.292. The Morgan fingerprint density at radius 3 is 3.05 bits per heavy atom. The molecule has 0 spiro atoms. The average Bonchev–Trinajstić information content (AvgIpc) is 2.78. The first kappa shape index (κ1) is 11.9. The maximum atomic E-state index is 13.3. The number of nitrogens with one attached hydrogen (secondary N) is 2. The number of hydrogen-bond donors (Lipinski definition) is 3. The Bertz CT molecular complexity index is 725. The highest BCUT2D eigenvalue weighted by Gasteiger charge is 2.10. The summed E-state index contributed by atoms with van der Waals surface area (Å²) in [6.45, 7) is 0.742. The van der Waals surface area contributed by atoms with Crippen molar-refractivity contribution in [1.29, 1.82) is 0 Å². The molecule has 0 aliphatic carbocycles. The van der Waals surface area contributed by atoms with Gasteiger partial charge in [-0.3, -0.25) is 0 Å². The highest BCUT2D eigenvalue weighted by molar-refractivity contribution is 6.07. The monoisotopic (exact) mass is 260 g/mol. The van der Waals surface area contributed by atoms with Crippen molar-refractivity contribution < 1.29 is 9.50 Å². The molecule has 3 aromatic rings. The zero-order valence-corrected chi connectivity index (χ0v) is 10.2. The van der Waals surface area contributed by atoms with Gasteiger partial charge in [-0.2, -0.15) is 0 Å². The van der Waals surface area contributed by atoms with Crippen LogP contribution in [0.25, 0.3) is 21.9 Å². The fraction of sp³-hybridized carbons (Fsp3) is 0.231. The Morgan fingerprint density at radius 1 is 1.32 bits per heavy atom. The van der Waals surface area contributed by atoms with E-state index in [-0.39, 0.29) is 12.4 Å². The molecule has 1 aromatic carbocycles. The van der Waals surface area contributed by atoms with E-state index in [0.29, 0.717) is 24.3 Å². The summed E-state index contributed by atoms with van der Waals surface area (Å²) in [6.07, 6.45) is 2.09. The topological polar surface area (TPSA) is 73.8 Å². The van der Waals surface area contributed by atoms with Gasteiger partial charge in [0.15, 0.2) is 5.82 Å². The van der Waals surface area contributed by atoms with Gasteiger partial charge in [0.05, 0.1) is 0 Å². The van der Waals surface area contributed by atoms with E-state index in [4.69, 9.17) is 5.11 Å². The number of rotatable bonds is 4. The van der Waals surface area contributed by atoms with Gasteiger partial charge in [-0.1, -0.05) is 0 Å². The first-order valence-corrected chi connectivity index (χ1v) is 6.06. The molecular formula is C13H13FN4O. The number of anilines is 1. The third kappa shape index (κ3) is 2.10. The minimum atomic E-state index is -0.290.